The van der Waals surface area contributed by atoms with Crippen molar-refractivity contribution < 1.29 is 4.79 Å². The number of carbonyl (C=O) groups excluding carboxylic acids is 1. The highest BCUT2D eigenvalue weighted by Gasteiger charge is 2.30. The van der Waals surface area contributed by atoms with E-state index in [2.05, 4.69) is 47.6 Å². The fourth-order valence-corrected chi connectivity index (χ4v) is 3.25. The van der Waals surface area contributed by atoms with Crippen LogP contribution in [-0.4, -0.2) is 26.2 Å². The average Bonchev–Trinajstić information content (AvgIpc) is 3.23. The Hall–Kier alpha value is -1.95. The Balaban J connectivity index is 1.64. The van der Waals surface area contributed by atoms with Crippen molar-refractivity contribution in [3.05, 3.63) is 35.7 Å². The second-order valence-electron chi connectivity index (χ2n) is 7.37. The van der Waals surface area contributed by atoms with E-state index in [1.165, 1.54) is 11.5 Å². The second-order valence-corrected chi connectivity index (χ2v) is 8.13. The van der Waals surface area contributed by atoms with Crippen LogP contribution >= 0.6 is 11.5 Å². The zero-order chi connectivity index (χ0) is 17.3. The molecule has 0 unspecified atom stereocenters. The molecule has 1 aromatic carbocycles. The lowest BCUT2D eigenvalue weighted by molar-refractivity contribution is -0.130. The van der Waals surface area contributed by atoms with Gasteiger partial charge in [-0.25, -0.2) is 4.98 Å². The molecule has 3 rings (SSSR count). The van der Waals surface area contributed by atoms with Crippen molar-refractivity contribution in [2.24, 2.45) is 0 Å². The molecule has 6 heteroatoms. The zero-order valence-electron chi connectivity index (χ0n) is 14.7. The summed E-state index contributed by atoms with van der Waals surface area (Å²) < 4.78 is 4.41. The summed E-state index contributed by atoms with van der Waals surface area (Å²) in [5.41, 5.74) is 2.09. The number of aromatic nitrogens is 2. The maximum absolute atomic E-state index is 11.7. The Labute approximate surface area is 147 Å². The van der Waals surface area contributed by atoms with E-state index in [0.717, 1.165) is 35.0 Å². The van der Waals surface area contributed by atoms with Crippen molar-refractivity contribution in [1.29, 1.82) is 0 Å². The molecule has 1 amide bonds. The van der Waals surface area contributed by atoms with E-state index in [1.807, 2.05) is 17.0 Å². The highest BCUT2D eigenvalue weighted by Crippen LogP contribution is 2.29. The van der Waals surface area contributed by atoms with Gasteiger partial charge in [0.05, 0.1) is 0 Å². The molecule has 1 aromatic heterocycles. The molecule has 1 aliphatic carbocycles. The third-order valence-corrected chi connectivity index (χ3v) is 4.68. The fraction of sp³-hybridized carbons (Fsp3) is 0.500. The second kappa shape index (κ2) is 6.51. The quantitative estimate of drug-likeness (QED) is 0.887. The van der Waals surface area contributed by atoms with E-state index >= 15 is 0 Å². The van der Waals surface area contributed by atoms with Crippen LogP contribution in [-0.2, 0) is 16.8 Å². The Bertz CT molecular complexity index is 713. The number of rotatable bonds is 5. The molecular weight excluding hydrogens is 320 g/mol. The maximum Gasteiger partial charge on any atom is 0.219 e. The highest BCUT2D eigenvalue weighted by molar-refractivity contribution is 7.09. The third-order valence-electron chi connectivity index (χ3n) is 4.05. The van der Waals surface area contributed by atoms with Gasteiger partial charge < -0.3 is 10.2 Å². The minimum Gasteiger partial charge on any atom is -0.336 e. The van der Waals surface area contributed by atoms with Gasteiger partial charge in [-0.05, 0) is 30.5 Å². The van der Waals surface area contributed by atoms with Crippen molar-refractivity contribution in [3.63, 3.8) is 0 Å². The predicted molar refractivity (Wildman–Crippen MR) is 97.6 cm³/mol. The van der Waals surface area contributed by atoms with E-state index in [0.29, 0.717) is 12.6 Å². The molecule has 1 N–H and O–H groups in total. The van der Waals surface area contributed by atoms with E-state index in [-0.39, 0.29) is 11.3 Å². The normalized spacial score (nSPS) is 14.5. The van der Waals surface area contributed by atoms with Crippen LogP contribution in [0.5, 0.6) is 0 Å². The van der Waals surface area contributed by atoms with Crippen LogP contribution in [0.3, 0.4) is 0 Å². The van der Waals surface area contributed by atoms with Gasteiger partial charge in [-0.15, -0.1) is 0 Å². The molecular formula is C18H24N4OS. The topological polar surface area (TPSA) is 58.1 Å². The van der Waals surface area contributed by atoms with Crippen LogP contribution in [0.25, 0.3) is 0 Å². The lowest BCUT2D eigenvalue weighted by Gasteiger charge is -2.20. The largest absolute Gasteiger partial charge is 0.336 e. The summed E-state index contributed by atoms with van der Waals surface area (Å²) in [5.74, 6) is 1.01. The Morgan fingerprint density at radius 1 is 1.29 bits per heavy atom. The molecule has 0 atom stereocenters. The lowest BCUT2D eigenvalue weighted by atomic mass is 9.96. The molecule has 0 radical (unpaired) electrons. The Kier molecular flexibility index (Phi) is 4.58. The van der Waals surface area contributed by atoms with Crippen LogP contribution in [0.2, 0.25) is 0 Å². The number of hydrogen-bond acceptors (Lipinski definition) is 5. The molecule has 0 aliphatic heterocycles. The first-order valence-electron chi connectivity index (χ1n) is 8.30. The molecule has 1 saturated carbocycles. The summed E-state index contributed by atoms with van der Waals surface area (Å²) in [6.07, 6.45) is 2.26. The van der Waals surface area contributed by atoms with Crippen LogP contribution < -0.4 is 5.32 Å². The average molecular weight is 344 g/mol. The lowest BCUT2D eigenvalue weighted by Crippen LogP contribution is -2.30. The first kappa shape index (κ1) is 16.9. The van der Waals surface area contributed by atoms with Gasteiger partial charge in [0, 0.05) is 42.1 Å². The first-order chi connectivity index (χ1) is 11.3. The Morgan fingerprint density at radius 3 is 2.46 bits per heavy atom. The number of anilines is 2. The van der Waals surface area contributed by atoms with Gasteiger partial charge >= 0.3 is 0 Å². The first-order valence-corrected chi connectivity index (χ1v) is 9.07. The van der Waals surface area contributed by atoms with Gasteiger partial charge in [-0.3, -0.25) is 4.79 Å². The van der Waals surface area contributed by atoms with Crippen LogP contribution in [0.4, 0.5) is 10.8 Å². The number of nitrogens with zero attached hydrogens (tertiary/aromatic N) is 3. The van der Waals surface area contributed by atoms with Crippen LogP contribution in [0.1, 0.15) is 51.9 Å². The smallest absolute Gasteiger partial charge is 0.219 e. The standard InChI is InChI=1S/C18H24N4OS/c1-12(23)22(15-9-10-15)11-13-5-7-14(8-6-13)19-17-20-16(21-24-17)18(2,3)4/h5-8,15H,9-11H2,1-4H3,(H,19,20,21). The van der Waals surface area contributed by atoms with Gasteiger partial charge in [0.2, 0.25) is 11.0 Å². The molecule has 1 fully saturated rings. The zero-order valence-corrected chi connectivity index (χ0v) is 15.5. The SMILES string of the molecule is CC(=O)N(Cc1ccc(Nc2nc(C(C)(C)C)ns2)cc1)C1CC1. The van der Waals surface area contributed by atoms with Crippen LogP contribution in [0.15, 0.2) is 24.3 Å². The van der Waals surface area contributed by atoms with Crippen LogP contribution in [0, 0.1) is 0 Å². The molecule has 0 saturated heterocycles. The number of amides is 1. The van der Waals surface area contributed by atoms with Gasteiger partial charge in [-0.2, -0.15) is 4.37 Å². The van der Waals surface area contributed by atoms with E-state index < -0.39 is 0 Å². The molecule has 0 spiro atoms. The molecule has 0 bridgehead atoms. The van der Waals surface area contributed by atoms with E-state index in [9.17, 15) is 4.79 Å². The minimum atomic E-state index is -0.0424. The maximum atomic E-state index is 11.7. The van der Waals surface area contributed by atoms with Crippen molar-refractivity contribution >= 4 is 28.3 Å². The van der Waals surface area contributed by atoms with Crippen molar-refractivity contribution in [2.45, 2.75) is 58.5 Å². The molecule has 1 heterocycles. The van der Waals surface area contributed by atoms with Crippen molar-refractivity contribution in [1.82, 2.24) is 14.3 Å². The summed E-state index contributed by atoms with van der Waals surface area (Å²) >= 11 is 1.38. The summed E-state index contributed by atoms with van der Waals surface area (Å²) in [6.45, 7) is 8.65. The van der Waals surface area contributed by atoms with Gasteiger partial charge in [0.15, 0.2) is 0 Å². The number of hydrogen-bond donors (Lipinski definition) is 1. The van der Waals surface area contributed by atoms with Gasteiger partial charge in [0.1, 0.15) is 5.82 Å². The number of nitrogens with one attached hydrogen (secondary N) is 1. The molecule has 128 valence electrons. The number of benzene rings is 1. The third kappa shape index (κ3) is 4.12. The monoisotopic (exact) mass is 344 g/mol. The van der Waals surface area contributed by atoms with Gasteiger partial charge in [0.25, 0.3) is 0 Å². The molecule has 1 aliphatic rings. The van der Waals surface area contributed by atoms with Crippen molar-refractivity contribution in [2.75, 3.05) is 5.32 Å². The summed E-state index contributed by atoms with van der Waals surface area (Å²) in [7, 11) is 0. The van der Waals surface area contributed by atoms with E-state index in [1.54, 1.807) is 6.92 Å². The minimum absolute atomic E-state index is 0.0424. The molecule has 2 aromatic rings. The fourth-order valence-electron chi connectivity index (χ4n) is 2.48. The summed E-state index contributed by atoms with van der Waals surface area (Å²) in [6, 6.07) is 8.62. The summed E-state index contributed by atoms with van der Waals surface area (Å²) in [5, 5.41) is 4.10. The molecule has 5 nitrogen and oxygen atoms in total. The van der Waals surface area contributed by atoms with Crippen molar-refractivity contribution in [3.8, 4) is 0 Å². The van der Waals surface area contributed by atoms with Gasteiger partial charge in [-0.1, -0.05) is 32.9 Å². The van der Waals surface area contributed by atoms with E-state index in [4.69, 9.17) is 0 Å². The highest BCUT2D eigenvalue weighted by atomic mass is 32.1. The summed E-state index contributed by atoms with van der Waals surface area (Å²) in [4.78, 5) is 18.2. The number of carbonyl (C=O) groups is 1. The molecule has 24 heavy (non-hydrogen) atoms. The Morgan fingerprint density at radius 2 is 1.96 bits per heavy atom. The predicted octanol–water partition coefficient (Wildman–Crippen LogP) is 4.09.